The van der Waals surface area contributed by atoms with Crippen LogP contribution in [0.1, 0.15) is 61.0 Å². The average molecular weight is 521 g/mol. The molecule has 2 aromatic carbocycles. The van der Waals surface area contributed by atoms with E-state index in [1.54, 1.807) is 12.1 Å². The third-order valence-corrected chi connectivity index (χ3v) is 6.50. The second-order valence-electron chi connectivity index (χ2n) is 9.04. The van der Waals surface area contributed by atoms with Gasteiger partial charge >= 0.3 is 18.3 Å². The van der Waals surface area contributed by atoms with Crippen molar-refractivity contribution in [2.75, 3.05) is 6.54 Å². The maximum atomic E-state index is 13.5. The maximum absolute atomic E-state index is 13.5. The number of ether oxygens (including phenoxy) is 1. The Morgan fingerprint density at radius 1 is 1.00 bits per heavy atom. The fourth-order valence-corrected chi connectivity index (χ4v) is 4.56. The Morgan fingerprint density at radius 2 is 1.56 bits per heavy atom. The van der Waals surface area contributed by atoms with Crippen molar-refractivity contribution >= 4 is 5.97 Å². The van der Waals surface area contributed by atoms with E-state index in [-0.39, 0.29) is 30.0 Å². The number of hydrogen-bond donors (Lipinski definition) is 2. The van der Waals surface area contributed by atoms with Crippen molar-refractivity contribution < 1.29 is 45.4 Å². The summed E-state index contributed by atoms with van der Waals surface area (Å²) in [6.07, 6.45) is -10.7. The van der Waals surface area contributed by atoms with Crippen molar-refractivity contribution in [2.24, 2.45) is 5.92 Å². The van der Waals surface area contributed by atoms with E-state index in [0.717, 1.165) is 0 Å². The summed E-state index contributed by atoms with van der Waals surface area (Å²) in [4.78, 5) is 11.2. The van der Waals surface area contributed by atoms with Gasteiger partial charge in [0.05, 0.1) is 23.3 Å². The van der Waals surface area contributed by atoms with Crippen LogP contribution < -0.4 is 5.32 Å². The summed E-state index contributed by atoms with van der Waals surface area (Å²) < 4.78 is 99.3. The van der Waals surface area contributed by atoms with E-state index < -0.39 is 53.5 Å². The Balaban J connectivity index is 1.89. The minimum atomic E-state index is -4.97. The van der Waals surface area contributed by atoms with Crippen molar-refractivity contribution in [3.8, 4) is 0 Å². The fourth-order valence-electron chi connectivity index (χ4n) is 4.56. The Kier molecular flexibility index (Phi) is 8.34. The van der Waals surface area contributed by atoms with E-state index >= 15 is 0 Å². The molecule has 198 valence electrons. The predicted octanol–water partition coefficient (Wildman–Crippen LogP) is 6.57. The van der Waals surface area contributed by atoms with Gasteiger partial charge in [0.15, 0.2) is 0 Å². The number of nitrogens with one attached hydrogen (secondary N) is 1. The summed E-state index contributed by atoms with van der Waals surface area (Å²) in [5.41, 5.74) is -2.43. The van der Waals surface area contributed by atoms with Crippen molar-refractivity contribution in [1.29, 1.82) is 0 Å². The summed E-state index contributed by atoms with van der Waals surface area (Å²) in [5.74, 6) is -2.05. The highest BCUT2D eigenvalue weighted by Crippen LogP contribution is 2.44. The van der Waals surface area contributed by atoms with Crippen LogP contribution in [0, 0.1) is 11.7 Å². The lowest BCUT2D eigenvalue weighted by Crippen LogP contribution is -2.38. The van der Waals surface area contributed by atoms with Gasteiger partial charge in [0.1, 0.15) is 11.9 Å². The van der Waals surface area contributed by atoms with Gasteiger partial charge in [0.25, 0.3) is 0 Å². The summed E-state index contributed by atoms with van der Waals surface area (Å²) in [6, 6.07) is 6.13. The maximum Gasteiger partial charge on any atom is 0.416 e. The van der Waals surface area contributed by atoms with Crippen LogP contribution in [-0.2, 0) is 21.9 Å². The summed E-state index contributed by atoms with van der Waals surface area (Å²) in [6.45, 7) is 3.15. The smallest absolute Gasteiger partial charge is 0.416 e. The zero-order valence-electron chi connectivity index (χ0n) is 19.5. The molecular weight excluding hydrogens is 495 g/mol. The lowest BCUT2D eigenvalue weighted by molar-refractivity contribution is -0.143. The van der Waals surface area contributed by atoms with Gasteiger partial charge in [0.2, 0.25) is 0 Å². The van der Waals surface area contributed by atoms with Crippen molar-refractivity contribution in [3.63, 3.8) is 0 Å². The molecule has 0 heterocycles. The van der Waals surface area contributed by atoms with Crippen LogP contribution in [0.15, 0.2) is 42.5 Å². The highest BCUT2D eigenvalue weighted by atomic mass is 19.4. The fraction of sp³-hybridized carbons (Fsp3) is 0.480. The van der Waals surface area contributed by atoms with Gasteiger partial charge in [-0.05, 0) is 80.6 Å². The third-order valence-electron chi connectivity index (χ3n) is 6.50. The number of carboxylic acid groups (broad SMARTS) is 1. The molecule has 11 heteroatoms. The van der Waals surface area contributed by atoms with Gasteiger partial charge in [-0.3, -0.25) is 4.79 Å². The monoisotopic (exact) mass is 521 g/mol. The SMILES string of the molecule is C[C@H](NC[C@@H]1CC[C@H](O[C@H](C)c2cc(C(F)(F)F)cc(C(F)(F)F)c2)[C@H]1c1ccc(F)cc1)C(=O)O. The standard InChI is InChI=1S/C25H26F7NO3/c1-13(23(34)35)33-12-16-5-8-21(22(16)15-3-6-20(26)7-4-15)36-14(2)17-9-18(24(27,28)29)11-19(10-17)25(30,31)32/h3-4,6-7,9-11,13-14,16,21-22,33H,5,8,12H2,1-2H3,(H,34,35)/t13-,14+,16-,21-,22-/m0/s1. The van der Waals surface area contributed by atoms with Gasteiger partial charge < -0.3 is 15.2 Å². The molecule has 36 heavy (non-hydrogen) atoms. The van der Waals surface area contributed by atoms with Gasteiger partial charge in [-0.1, -0.05) is 12.1 Å². The Morgan fingerprint density at radius 3 is 2.06 bits per heavy atom. The lowest BCUT2D eigenvalue weighted by atomic mass is 9.87. The zero-order valence-corrected chi connectivity index (χ0v) is 19.5. The topological polar surface area (TPSA) is 58.6 Å². The normalized spacial score (nSPS) is 22.4. The summed E-state index contributed by atoms with van der Waals surface area (Å²) >= 11 is 0. The molecule has 2 N–H and O–H groups in total. The number of carbonyl (C=O) groups is 1. The molecule has 1 aliphatic carbocycles. The van der Waals surface area contributed by atoms with Crippen LogP contribution in [0.3, 0.4) is 0 Å². The van der Waals surface area contributed by atoms with Crippen LogP contribution >= 0.6 is 0 Å². The van der Waals surface area contributed by atoms with Crippen LogP contribution in [0.5, 0.6) is 0 Å². The predicted molar refractivity (Wildman–Crippen MR) is 117 cm³/mol. The van der Waals surface area contributed by atoms with Crippen LogP contribution in [0.4, 0.5) is 30.7 Å². The summed E-state index contributed by atoms with van der Waals surface area (Å²) in [5, 5.41) is 12.0. The molecule has 3 rings (SSSR count). The second kappa shape index (κ2) is 10.8. The number of rotatable bonds is 8. The molecule has 0 bridgehead atoms. The van der Waals surface area contributed by atoms with Gasteiger partial charge in [0, 0.05) is 5.92 Å². The van der Waals surface area contributed by atoms with E-state index in [2.05, 4.69) is 5.32 Å². The first-order valence-corrected chi connectivity index (χ1v) is 11.3. The third kappa shape index (κ3) is 6.76. The molecule has 0 saturated heterocycles. The molecule has 0 aromatic heterocycles. The number of halogens is 7. The molecule has 1 aliphatic rings. The van der Waals surface area contributed by atoms with Crippen molar-refractivity contribution in [1.82, 2.24) is 5.32 Å². The van der Waals surface area contributed by atoms with Gasteiger partial charge in [-0.15, -0.1) is 0 Å². The van der Waals surface area contributed by atoms with Crippen molar-refractivity contribution in [3.05, 3.63) is 70.5 Å². The molecule has 0 amide bonds. The lowest BCUT2D eigenvalue weighted by Gasteiger charge is -2.29. The van der Waals surface area contributed by atoms with E-state index in [1.807, 2.05) is 0 Å². The molecule has 1 saturated carbocycles. The molecule has 0 radical (unpaired) electrons. The average Bonchev–Trinajstić information content (AvgIpc) is 3.18. The highest BCUT2D eigenvalue weighted by molar-refractivity contribution is 5.72. The molecule has 4 nitrogen and oxygen atoms in total. The molecule has 2 aromatic rings. The Bertz CT molecular complexity index is 1020. The molecule has 5 atom stereocenters. The first-order valence-electron chi connectivity index (χ1n) is 11.3. The molecular formula is C25H26F7NO3. The first kappa shape index (κ1) is 27.9. The van der Waals surface area contributed by atoms with E-state index in [0.29, 0.717) is 30.5 Å². The summed E-state index contributed by atoms with van der Waals surface area (Å²) in [7, 11) is 0. The molecule has 1 fully saturated rings. The Hall–Kier alpha value is -2.66. The zero-order chi connectivity index (χ0) is 26.8. The molecule has 0 spiro atoms. The Labute approximate surface area is 203 Å². The second-order valence-corrected chi connectivity index (χ2v) is 9.04. The van der Waals surface area contributed by atoms with Gasteiger partial charge in [-0.2, -0.15) is 26.3 Å². The van der Waals surface area contributed by atoms with E-state index in [1.165, 1.54) is 26.0 Å². The number of alkyl halides is 6. The first-order chi connectivity index (χ1) is 16.7. The largest absolute Gasteiger partial charge is 0.480 e. The van der Waals surface area contributed by atoms with E-state index in [4.69, 9.17) is 9.84 Å². The van der Waals surface area contributed by atoms with Crippen molar-refractivity contribution in [2.45, 2.75) is 63.2 Å². The quantitative estimate of drug-likeness (QED) is 0.386. The van der Waals surface area contributed by atoms with Crippen LogP contribution in [-0.4, -0.2) is 29.8 Å². The highest BCUT2D eigenvalue weighted by Gasteiger charge is 2.40. The van der Waals surface area contributed by atoms with Crippen LogP contribution in [0.25, 0.3) is 0 Å². The number of benzene rings is 2. The number of hydrogen-bond acceptors (Lipinski definition) is 3. The number of carboxylic acids is 1. The minimum Gasteiger partial charge on any atom is -0.480 e. The molecule has 0 aliphatic heterocycles. The van der Waals surface area contributed by atoms with Crippen LogP contribution in [0.2, 0.25) is 0 Å². The molecule has 0 unspecified atom stereocenters. The number of aliphatic carboxylic acids is 1. The van der Waals surface area contributed by atoms with Gasteiger partial charge in [-0.25, -0.2) is 4.39 Å². The van der Waals surface area contributed by atoms with E-state index in [9.17, 15) is 35.5 Å². The minimum absolute atomic E-state index is 0.0679.